The van der Waals surface area contributed by atoms with E-state index in [1.54, 1.807) is 6.92 Å². The molecule has 0 saturated carbocycles. The molecule has 90 valence electrons. The van der Waals surface area contributed by atoms with Crippen LogP contribution in [0.15, 0.2) is 10.6 Å². The third-order valence-corrected chi connectivity index (χ3v) is 2.10. The molecule has 2 atom stereocenters. The summed E-state index contributed by atoms with van der Waals surface area (Å²) >= 11 is 0. The Kier molecular flexibility index (Phi) is 4.45. The predicted octanol–water partition coefficient (Wildman–Crippen LogP) is 0.622. The molecule has 6 nitrogen and oxygen atoms in total. The van der Waals surface area contributed by atoms with Crippen molar-refractivity contribution in [1.29, 1.82) is 0 Å². The second-order valence-corrected chi connectivity index (χ2v) is 3.85. The maximum Gasteiger partial charge on any atom is 0.358 e. The lowest BCUT2D eigenvalue weighted by molar-refractivity contribution is 0.0685. The molecule has 0 aliphatic carbocycles. The van der Waals surface area contributed by atoms with Gasteiger partial charge in [0.2, 0.25) is 0 Å². The second-order valence-electron chi connectivity index (χ2n) is 3.85. The minimum absolute atomic E-state index is 0.0972. The number of aromatic carboxylic acids is 1. The van der Waals surface area contributed by atoms with Crippen molar-refractivity contribution in [2.45, 2.75) is 39.0 Å². The topological polar surface area (TPSA) is 95.6 Å². The summed E-state index contributed by atoms with van der Waals surface area (Å²) in [5.41, 5.74) is -0.0972. The number of rotatable bonds is 6. The number of carboxylic acids is 1. The first-order chi connectivity index (χ1) is 7.49. The lowest BCUT2D eigenvalue weighted by atomic mass is 10.1. The van der Waals surface area contributed by atoms with Gasteiger partial charge in [0.25, 0.3) is 0 Å². The summed E-state index contributed by atoms with van der Waals surface area (Å²) in [4.78, 5) is 10.5. The molecule has 0 amide bonds. The summed E-state index contributed by atoms with van der Waals surface area (Å²) in [7, 11) is 0. The van der Waals surface area contributed by atoms with Gasteiger partial charge in [-0.25, -0.2) is 4.79 Å². The van der Waals surface area contributed by atoms with Gasteiger partial charge in [-0.1, -0.05) is 5.16 Å². The van der Waals surface area contributed by atoms with Crippen LogP contribution in [0.4, 0.5) is 0 Å². The van der Waals surface area contributed by atoms with Crippen LogP contribution >= 0.6 is 0 Å². The largest absolute Gasteiger partial charge is 0.476 e. The molecular formula is C10H16N2O4. The molecule has 0 spiro atoms. The molecular weight excluding hydrogens is 212 g/mol. The highest BCUT2D eigenvalue weighted by atomic mass is 16.5. The minimum Gasteiger partial charge on any atom is -0.476 e. The van der Waals surface area contributed by atoms with Crippen LogP contribution in [-0.2, 0) is 6.54 Å². The van der Waals surface area contributed by atoms with Gasteiger partial charge in [0.1, 0.15) is 0 Å². The highest BCUT2D eigenvalue weighted by molar-refractivity contribution is 5.85. The molecule has 0 radical (unpaired) electrons. The Morgan fingerprint density at radius 3 is 2.81 bits per heavy atom. The van der Waals surface area contributed by atoms with E-state index in [1.165, 1.54) is 6.07 Å². The Labute approximate surface area is 93.3 Å². The van der Waals surface area contributed by atoms with Crippen molar-refractivity contribution in [2.24, 2.45) is 0 Å². The minimum atomic E-state index is -1.10. The first kappa shape index (κ1) is 12.7. The molecule has 0 aromatic carbocycles. The zero-order valence-corrected chi connectivity index (χ0v) is 9.30. The van der Waals surface area contributed by atoms with Crippen LogP contribution < -0.4 is 5.32 Å². The smallest absolute Gasteiger partial charge is 0.358 e. The van der Waals surface area contributed by atoms with Gasteiger partial charge in [0, 0.05) is 12.1 Å². The van der Waals surface area contributed by atoms with Crippen LogP contribution in [0, 0.1) is 0 Å². The van der Waals surface area contributed by atoms with Gasteiger partial charge < -0.3 is 20.1 Å². The normalized spacial score (nSPS) is 14.7. The van der Waals surface area contributed by atoms with Gasteiger partial charge >= 0.3 is 5.97 Å². The number of nitrogens with zero attached hydrogens (tertiary/aromatic N) is 1. The van der Waals surface area contributed by atoms with Crippen molar-refractivity contribution in [3.05, 3.63) is 17.5 Å². The third kappa shape index (κ3) is 4.00. The van der Waals surface area contributed by atoms with E-state index in [2.05, 4.69) is 10.5 Å². The Hall–Kier alpha value is -1.40. The zero-order chi connectivity index (χ0) is 12.1. The second kappa shape index (κ2) is 5.62. The van der Waals surface area contributed by atoms with Crippen LogP contribution in [-0.4, -0.2) is 33.5 Å². The van der Waals surface area contributed by atoms with Gasteiger partial charge in [-0.05, 0) is 20.3 Å². The Balaban J connectivity index is 2.39. The number of aromatic nitrogens is 1. The van der Waals surface area contributed by atoms with Gasteiger partial charge in [-0.15, -0.1) is 0 Å². The molecule has 1 heterocycles. The van der Waals surface area contributed by atoms with Crippen molar-refractivity contribution in [1.82, 2.24) is 10.5 Å². The predicted molar refractivity (Wildman–Crippen MR) is 56.1 cm³/mol. The lowest BCUT2D eigenvalue weighted by Crippen LogP contribution is -2.28. The van der Waals surface area contributed by atoms with Crippen molar-refractivity contribution in [3.63, 3.8) is 0 Å². The number of carbonyl (C=O) groups is 1. The van der Waals surface area contributed by atoms with Crippen LogP contribution in [0.1, 0.15) is 36.5 Å². The van der Waals surface area contributed by atoms with Crippen molar-refractivity contribution in [3.8, 4) is 0 Å². The zero-order valence-electron chi connectivity index (χ0n) is 9.30. The van der Waals surface area contributed by atoms with Crippen molar-refractivity contribution >= 4 is 5.97 Å². The standard InChI is InChI=1S/C10H16N2O4/c1-6(3-7(2)13)11-5-8-4-9(10(14)15)12-16-8/h4,6-7,11,13H,3,5H2,1-2H3,(H,14,15). The molecule has 6 heteroatoms. The molecule has 1 aromatic heterocycles. The number of aliphatic hydroxyl groups excluding tert-OH is 1. The quantitative estimate of drug-likeness (QED) is 0.660. The molecule has 3 N–H and O–H groups in total. The van der Waals surface area contributed by atoms with E-state index in [0.29, 0.717) is 18.7 Å². The highest BCUT2D eigenvalue weighted by Crippen LogP contribution is 2.04. The van der Waals surface area contributed by atoms with Crippen molar-refractivity contribution in [2.75, 3.05) is 0 Å². The van der Waals surface area contributed by atoms with Crippen LogP contribution in [0.2, 0.25) is 0 Å². The molecule has 0 fully saturated rings. The van der Waals surface area contributed by atoms with Crippen LogP contribution in [0.25, 0.3) is 0 Å². The monoisotopic (exact) mass is 228 g/mol. The fourth-order valence-corrected chi connectivity index (χ4v) is 1.37. The highest BCUT2D eigenvalue weighted by Gasteiger charge is 2.11. The molecule has 2 unspecified atom stereocenters. The molecule has 0 aliphatic rings. The van der Waals surface area contributed by atoms with Gasteiger partial charge in [-0.3, -0.25) is 0 Å². The number of nitrogens with one attached hydrogen (secondary N) is 1. The number of hydrogen-bond acceptors (Lipinski definition) is 5. The summed E-state index contributed by atoms with van der Waals surface area (Å²) in [6, 6.07) is 1.50. The average molecular weight is 228 g/mol. The first-order valence-corrected chi connectivity index (χ1v) is 5.09. The van der Waals surface area contributed by atoms with Gasteiger partial charge in [-0.2, -0.15) is 0 Å². The summed E-state index contributed by atoms with van der Waals surface area (Å²) in [6.07, 6.45) is 0.256. The fraction of sp³-hybridized carbons (Fsp3) is 0.600. The maximum absolute atomic E-state index is 10.5. The number of carboxylic acid groups (broad SMARTS) is 1. The summed E-state index contributed by atoms with van der Waals surface area (Å²) in [6.45, 7) is 4.05. The van der Waals surface area contributed by atoms with E-state index in [9.17, 15) is 4.79 Å². The number of aliphatic hydroxyl groups is 1. The van der Waals surface area contributed by atoms with E-state index < -0.39 is 5.97 Å². The Morgan fingerprint density at radius 1 is 1.62 bits per heavy atom. The van der Waals surface area contributed by atoms with Crippen LogP contribution in [0.3, 0.4) is 0 Å². The van der Waals surface area contributed by atoms with E-state index >= 15 is 0 Å². The van der Waals surface area contributed by atoms with Crippen molar-refractivity contribution < 1.29 is 19.5 Å². The first-order valence-electron chi connectivity index (χ1n) is 5.09. The maximum atomic E-state index is 10.5. The SMILES string of the molecule is CC(O)CC(C)NCc1cc(C(=O)O)no1. The van der Waals surface area contributed by atoms with E-state index in [0.717, 1.165) is 0 Å². The van der Waals surface area contributed by atoms with Gasteiger partial charge in [0.05, 0.1) is 12.6 Å². The average Bonchev–Trinajstić information content (AvgIpc) is 2.61. The molecule has 1 aromatic rings. The van der Waals surface area contributed by atoms with Crippen LogP contribution in [0.5, 0.6) is 0 Å². The van der Waals surface area contributed by atoms with E-state index in [1.807, 2.05) is 6.92 Å². The summed E-state index contributed by atoms with van der Waals surface area (Å²) < 4.78 is 4.83. The molecule has 0 aliphatic heterocycles. The molecule has 1 rings (SSSR count). The third-order valence-electron chi connectivity index (χ3n) is 2.10. The van der Waals surface area contributed by atoms with E-state index in [4.69, 9.17) is 14.7 Å². The Bertz CT molecular complexity index is 348. The molecule has 16 heavy (non-hydrogen) atoms. The lowest BCUT2D eigenvalue weighted by Gasteiger charge is -2.13. The molecule has 0 saturated heterocycles. The Morgan fingerprint density at radius 2 is 2.31 bits per heavy atom. The number of hydrogen-bond donors (Lipinski definition) is 3. The van der Waals surface area contributed by atoms with Gasteiger partial charge in [0.15, 0.2) is 11.5 Å². The molecule has 0 bridgehead atoms. The summed E-state index contributed by atoms with van der Waals surface area (Å²) in [5.74, 6) is -0.637. The summed E-state index contributed by atoms with van der Waals surface area (Å²) in [5, 5.41) is 24.2. The fourth-order valence-electron chi connectivity index (χ4n) is 1.37. The van der Waals surface area contributed by atoms with E-state index in [-0.39, 0.29) is 17.8 Å².